The molecule has 0 atom stereocenters. The third-order valence-corrected chi connectivity index (χ3v) is 4.02. The highest BCUT2D eigenvalue weighted by atomic mass is 35.5. The third-order valence-electron chi connectivity index (χ3n) is 3.17. The van der Waals surface area contributed by atoms with Crippen molar-refractivity contribution in [1.82, 2.24) is 15.1 Å². The van der Waals surface area contributed by atoms with Crippen LogP contribution in [0, 0.1) is 0 Å². The van der Waals surface area contributed by atoms with E-state index in [2.05, 4.69) is 15.7 Å². The topological polar surface area (TPSA) is 59.0 Å². The van der Waals surface area contributed by atoms with Crippen molar-refractivity contribution in [2.45, 2.75) is 19.4 Å². The summed E-state index contributed by atoms with van der Waals surface area (Å²) in [4.78, 5) is 11.9. The second-order valence-corrected chi connectivity index (χ2v) is 5.63. The van der Waals surface area contributed by atoms with Gasteiger partial charge in [0.05, 0.1) is 22.8 Å². The summed E-state index contributed by atoms with van der Waals surface area (Å²) in [5.74, 6) is 0.611. The fourth-order valence-corrected chi connectivity index (χ4v) is 2.41. The molecule has 0 radical (unpaired) electrons. The van der Waals surface area contributed by atoms with Crippen molar-refractivity contribution < 1.29 is 4.79 Å². The molecule has 7 heteroatoms. The van der Waals surface area contributed by atoms with E-state index in [9.17, 15) is 4.79 Å². The third kappa shape index (κ3) is 4.47. The lowest BCUT2D eigenvalue weighted by Crippen LogP contribution is -2.18. The minimum absolute atomic E-state index is 0.0332. The van der Waals surface area contributed by atoms with Crippen LogP contribution in [0.1, 0.15) is 18.4 Å². The quantitative estimate of drug-likeness (QED) is 0.761. The number of anilines is 1. The van der Waals surface area contributed by atoms with Gasteiger partial charge in [-0.15, -0.1) is 0 Å². The number of nitrogens with zero attached hydrogens (tertiary/aromatic N) is 2. The SMILES string of the molecule is CNCCCC(=O)Nc1ccnn1Cc1cccc(Cl)c1Cl. The van der Waals surface area contributed by atoms with Crippen LogP contribution in [0.2, 0.25) is 10.0 Å². The minimum Gasteiger partial charge on any atom is -0.320 e. The predicted molar refractivity (Wildman–Crippen MR) is 89.6 cm³/mol. The highest BCUT2D eigenvalue weighted by Gasteiger charge is 2.10. The molecule has 0 bridgehead atoms. The number of hydrogen-bond donors (Lipinski definition) is 2. The van der Waals surface area contributed by atoms with Crippen molar-refractivity contribution in [2.24, 2.45) is 0 Å². The van der Waals surface area contributed by atoms with E-state index >= 15 is 0 Å². The molecule has 5 nitrogen and oxygen atoms in total. The number of benzene rings is 1. The first kappa shape index (κ1) is 16.8. The van der Waals surface area contributed by atoms with Gasteiger partial charge in [0.1, 0.15) is 5.82 Å². The molecule has 0 spiro atoms. The number of amides is 1. The van der Waals surface area contributed by atoms with E-state index in [4.69, 9.17) is 23.2 Å². The first-order chi connectivity index (χ1) is 10.6. The lowest BCUT2D eigenvalue weighted by atomic mass is 10.2. The van der Waals surface area contributed by atoms with Gasteiger partial charge in [-0.2, -0.15) is 5.10 Å². The second-order valence-electron chi connectivity index (χ2n) is 4.84. The van der Waals surface area contributed by atoms with Crippen molar-refractivity contribution in [1.29, 1.82) is 0 Å². The Morgan fingerprint density at radius 1 is 1.32 bits per heavy atom. The summed E-state index contributed by atoms with van der Waals surface area (Å²) in [6.45, 7) is 1.25. The van der Waals surface area contributed by atoms with Crippen LogP contribution in [-0.4, -0.2) is 29.3 Å². The molecule has 1 amide bonds. The Bertz CT molecular complexity index is 642. The number of nitrogens with one attached hydrogen (secondary N) is 2. The van der Waals surface area contributed by atoms with Crippen LogP contribution in [-0.2, 0) is 11.3 Å². The number of rotatable bonds is 7. The van der Waals surface area contributed by atoms with Crippen molar-refractivity contribution in [3.05, 3.63) is 46.1 Å². The first-order valence-corrected chi connectivity index (χ1v) is 7.76. The molecule has 22 heavy (non-hydrogen) atoms. The van der Waals surface area contributed by atoms with Gasteiger partial charge in [-0.1, -0.05) is 35.3 Å². The number of halogens is 2. The van der Waals surface area contributed by atoms with Gasteiger partial charge in [0.2, 0.25) is 5.91 Å². The molecule has 2 N–H and O–H groups in total. The molecule has 0 saturated heterocycles. The van der Waals surface area contributed by atoms with Gasteiger partial charge in [-0.25, -0.2) is 4.68 Å². The largest absolute Gasteiger partial charge is 0.320 e. The number of aromatic nitrogens is 2. The van der Waals surface area contributed by atoms with Crippen LogP contribution in [0.5, 0.6) is 0 Å². The maximum absolute atomic E-state index is 11.9. The zero-order chi connectivity index (χ0) is 15.9. The molecule has 1 heterocycles. The summed E-state index contributed by atoms with van der Waals surface area (Å²) >= 11 is 12.2. The van der Waals surface area contributed by atoms with Crippen LogP contribution >= 0.6 is 23.2 Å². The monoisotopic (exact) mass is 340 g/mol. The molecule has 118 valence electrons. The molecule has 0 saturated carbocycles. The van der Waals surface area contributed by atoms with E-state index in [1.54, 1.807) is 23.0 Å². The van der Waals surface area contributed by atoms with Crippen LogP contribution in [0.3, 0.4) is 0 Å². The predicted octanol–water partition coefficient (Wildman–Crippen LogP) is 3.18. The summed E-state index contributed by atoms with van der Waals surface area (Å²) in [6.07, 6.45) is 2.89. The Morgan fingerprint density at radius 3 is 2.91 bits per heavy atom. The molecule has 2 rings (SSSR count). The summed E-state index contributed by atoms with van der Waals surface area (Å²) in [5.41, 5.74) is 0.851. The Morgan fingerprint density at radius 2 is 2.14 bits per heavy atom. The lowest BCUT2D eigenvalue weighted by molar-refractivity contribution is -0.116. The molecular weight excluding hydrogens is 323 g/mol. The van der Waals surface area contributed by atoms with E-state index in [0.29, 0.717) is 28.8 Å². The Balaban J connectivity index is 2.03. The molecule has 1 aromatic carbocycles. The summed E-state index contributed by atoms with van der Waals surface area (Å²) < 4.78 is 1.69. The molecule has 0 aliphatic rings. The van der Waals surface area contributed by atoms with E-state index in [0.717, 1.165) is 18.5 Å². The normalized spacial score (nSPS) is 10.7. The highest BCUT2D eigenvalue weighted by molar-refractivity contribution is 6.42. The summed E-state index contributed by atoms with van der Waals surface area (Å²) in [7, 11) is 1.86. The minimum atomic E-state index is -0.0332. The maximum Gasteiger partial charge on any atom is 0.225 e. The van der Waals surface area contributed by atoms with Crippen LogP contribution < -0.4 is 10.6 Å². The van der Waals surface area contributed by atoms with Crippen LogP contribution in [0.4, 0.5) is 5.82 Å². The zero-order valence-corrected chi connectivity index (χ0v) is 13.8. The van der Waals surface area contributed by atoms with E-state index in [1.165, 1.54) is 0 Å². The molecule has 0 aliphatic heterocycles. The molecular formula is C15H18Cl2N4O. The average Bonchev–Trinajstić information content (AvgIpc) is 2.91. The van der Waals surface area contributed by atoms with Crippen molar-refractivity contribution >= 4 is 34.9 Å². The van der Waals surface area contributed by atoms with Crippen LogP contribution in [0.25, 0.3) is 0 Å². The summed E-state index contributed by atoms with van der Waals surface area (Å²) in [5, 5.41) is 11.1. The van der Waals surface area contributed by atoms with E-state index < -0.39 is 0 Å². The highest BCUT2D eigenvalue weighted by Crippen LogP contribution is 2.26. The van der Waals surface area contributed by atoms with Gasteiger partial charge < -0.3 is 10.6 Å². The Labute approximate surface area is 139 Å². The molecule has 0 aliphatic carbocycles. The molecule has 0 fully saturated rings. The molecule has 1 aromatic heterocycles. The zero-order valence-electron chi connectivity index (χ0n) is 12.3. The second kappa shape index (κ2) is 8.17. The van der Waals surface area contributed by atoms with Crippen molar-refractivity contribution in [3.8, 4) is 0 Å². The lowest BCUT2D eigenvalue weighted by Gasteiger charge is -2.10. The van der Waals surface area contributed by atoms with Gasteiger partial charge in [0.25, 0.3) is 0 Å². The maximum atomic E-state index is 11.9. The average molecular weight is 341 g/mol. The molecule has 2 aromatic rings. The smallest absolute Gasteiger partial charge is 0.225 e. The van der Waals surface area contributed by atoms with Crippen molar-refractivity contribution in [2.75, 3.05) is 18.9 Å². The van der Waals surface area contributed by atoms with Gasteiger partial charge >= 0.3 is 0 Å². The fraction of sp³-hybridized carbons (Fsp3) is 0.333. The Kier molecular flexibility index (Phi) is 6.24. The van der Waals surface area contributed by atoms with Crippen LogP contribution in [0.15, 0.2) is 30.5 Å². The Hall–Kier alpha value is -1.56. The number of carbonyl (C=O) groups is 1. The standard InChI is InChI=1S/C15H18Cl2N4O/c1-18-8-3-6-14(22)20-13-7-9-19-21(13)10-11-4-2-5-12(16)15(11)17/h2,4-5,7,9,18H,3,6,8,10H2,1H3,(H,20,22). The summed E-state index contributed by atoms with van der Waals surface area (Å²) in [6, 6.07) is 7.22. The first-order valence-electron chi connectivity index (χ1n) is 7.01. The number of hydrogen-bond acceptors (Lipinski definition) is 3. The van der Waals surface area contributed by atoms with Gasteiger partial charge in [0, 0.05) is 12.5 Å². The fourth-order valence-electron chi connectivity index (χ4n) is 2.03. The van der Waals surface area contributed by atoms with E-state index in [1.807, 2.05) is 19.2 Å². The van der Waals surface area contributed by atoms with E-state index in [-0.39, 0.29) is 5.91 Å². The number of carbonyl (C=O) groups excluding carboxylic acids is 1. The van der Waals surface area contributed by atoms with Crippen molar-refractivity contribution in [3.63, 3.8) is 0 Å². The van der Waals surface area contributed by atoms with Gasteiger partial charge in [-0.05, 0) is 31.6 Å². The van der Waals surface area contributed by atoms with Gasteiger partial charge in [0.15, 0.2) is 0 Å². The van der Waals surface area contributed by atoms with Gasteiger partial charge in [-0.3, -0.25) is 4.79 Å². The molecule has 0 unspecified atom stereocenters.